The van der Waals surface area contributed by atoms with Crippen molar-refractivity contribution in [2.24, 2.45) is 0 Å². The first kappa shape index (κ1) is 11.7. The number of anilines is 1. The molecule has 0 saturated carbocycles. The van der Waals surface area contributed by atoms with E-state index in [1.165, 1.54) is 9.08 Å². The highest BCUT2D eigenvalue weighted by Crippen LogP contribution is 2.18. The van der Waals surface area contributed by atoms with E-state index in [9.17, 15) is 4.79 Å². The van der Waals surface area contributed by atoms with Gasteiger partial charge in [-0.1, -0.05) is 0 Å². The van der Waals surface area contributed by atoms with Gasteiger partial charge >= 0.3 is 0 Å². The van der Waals surface area contributed by atoms with Crippen molar-refractivity contribution in [3.63, 3.8) is 0 Å². The average Bonchev–Trinajstić information content (AvgIpc) is 3.07. The second-order valence-corrected chi connectivity index (χ2v) is 4.73. The molecule has 0 unspecified atom stereocenters. The lowest BCUT2D eigenvalue weighted by atomic mass is 10.3. The Bertz CT molecular complexity index is 1010. The first-order valence-corrected chi connectivity index (χ1v) is 6.38. The molecule has 4 rings (SSSR count). The molecule has 4 aromatic rings. The summed E-state index contributed by atoms with van der Waals surface area (Å²) in [6.07, 6.45) is 4.96. The molecule has 0 bridgehead atoms. The number of aromatic nitrogens is 4. The minimum atomic E-state index is -0.142. The average molecular weight is 281 g/mol. The van der Waals surface area contributed by atoms with E-state index in [4.69, 9.17) is 10.2 Å². The third-order valence-electron chi connectivity index (χ3n) is 3.30. The summed E-state index contributed by atoms with van der Waals surface area (Å²) in [4.78, 5) is 16.6. The Balaban J connectivity index is 1.78. The van der Waals surface area contributed by atoms with Gasteiger partial charge in [0.15, 0.2) is 5.58 Å². The molecule has 3 aromatic heterocycles. The molecule has 7 heteroatoms. The van der Waals surface area contributed by atoms with Crippen molar-refractivity contribution in [3.8, 4) is 0 Å². The lowest BCUT2D eigenvalue weighted by Gasteiger charge is -2.02. The Kier molecular flexibility index (Phi) is 2.34. The van der Waals surface area contributed by atoms with Crippen molar-refractivity contribution in [1.82, 2.24) is 19.2 Å². The number of oxazole rings is 1. The van der Waals surface area contributed by atoms with Gasteiger partial charge in [0.1, 0.15) is 17.6 Å². The molecular formula is C14H11N5O2. The topological polar surface area (TPSA) is 91.4 Å². The molecule has 3 heterocycles. The van der Waals surface area contributed by atoms with E-state index < -0.39 is 0 Å². The molecule has 21 heavy (non-hydrogen) atoms. The third-order valence-corrected chi connectivity index (χ3v) is 3.30. The van der Waals surface area contributed by atoms with E-state index in [1.54, 1.807) is 42.9 Å². The van der Waals surface area contributed by atoms with Crippen LogP contribution in [0.1, 0.15) is 5.89 Å². The van der Waals surface area contributed by atoms with Crippen LogP contribution < -0.4 is 11.3 Å². The standard InChI is InChI=1S/C14H11N5O2/c15-9-1-2-12-10(7-9)17-13(21-12)8-18-5-6-19-11(14(18)20)3-4-16-19/h1-7H,8,15H2. The van der Waals surface area contributed by atoms with Gasteiger partial charge in [-0.15, -0.1) is 0 Å². The molecule has 7 nitrogen and oxygen atoms in total. The van der Waals surface area contributed by atoms with Crippen LogP contribution >= 0.6 is 0 Å². The zero-order chi connectivity index (χ0) is 14.4. The zero-order valence-corrected chi connectivity index (χ0v) is 10.9. The van der Waals surface area contributed by atoms with Crippen LogP contribution in [0.3, 0.4) is 0 Å². The molecule has 0 saturated heterocycles. The number of hydrogen-bond donors (Lipinski definition) is 1. The SMILES string of the molecule is Nc1ccc2oc(Cn3ccn4nccc4c3=O)nc2c1. The molecule has 0 spiro atoms. The van der Waals surface area contributed by atoms with Crippen LogP contribution in [0.2, 0.25) is 0 Å². The largest absolute Gasteiger partial charge is 0.439 e. The second kappa shape index (κ2) is 4.20. The fourth-order valence-electron chi connectivity index (χ4n) is 2.29. The molecular weight excluding hydrogens is 270 g/mol. The first-order valence-electron chi connectivity index (χ1n) is 6.38. The van der Waals surface area contributed by atoms with Crippen LogP contribution in [0.15, 0.2) is 52.1 Å². The van der Waals surface area contributed by atoms with Gasteiger partial charge in [0.05, 0.1) is 6.20 Å². The molecule has 0 aliphatic carbocycles. The predicted molar refractivity (Wildman–Crippen MR) is 77.0 cm³/mol. The highest BCUT2D eigenvalue weighted by atomic mass is 16.3. The summed E-state index contributed by atoms with van der Waals surface area (Å²) in [7, 11) is 0. The molecule has 104 valence electrons. The van der Waals surface area contributed by atoms with Crippen molar-refractivity contribution in [3.05, 3.63) is 59.1 Å². The third kappa shape index (κ3) is 1.86. The molecule has 0 fully saturated rings. The summed E-state index contributed by atoms with van der Waals surface area (Å²) in [5.74, 6) is 0.460. The van der Waals surface area contributed by atoms with Crippen molar-refractivity contribution in [2.75, 3.05) is 5.73 Å². The van der Waals surface area contributed by atoms with Crippen LogP contribution in [0.4, 0.5) is 5.69 Å². The first-order chi connectivity index (χ1) is 10.2. The van der Waals surface area contributed by atoms with Crippen molar-refractivity contribution in [1.29, 1.82) is 0 Å². The Morgan fingerprint density at radius 2 is 2.14 bits per heavy atom. The van der Waals surface area contributed by atoms with Gasteiger partial charge < -0.3 is 14.7 Å². The Labute approximate surface area is 118 Å². The summed E-state index contributed by atoms with van der Waals surface area (Å²) in [5, 5.41) is 4.02. The minimum absolute atomic E-state index is 0.142. The van der Waals surface area contributed by atoms with Gasteiger partial charge in [0.2, 0.25) is 5.89 Å². The van der Waals surface area contributed by atoms with Crippen LogP contribution in [-0.4, -0.2) is 19.2 Å². The summed E-state index contributed by atoms with van der Waals surface area (Å²) in [5.41, 5.74) is 8.04. The maximum absolute atomic E-state index is 12.3. The summed E-state index contributed by atoms with van der Waals surface area (Å²) >= 11 is 0. The normalized spacial score (nSPS) is 11.4. The molecule has 1 aromatic carbocycles. The van der Waals surface area contributed by atoms with E-state index >= 15 is 0 Å². The number of nitrogen functional groups attached to an aromatic ring is 1. The molecule has 0 amide bonds. The van der Waals surface area contributed by atoms with E-state index in [1.807, 2.05) is 0 Å². The number of rotatable bonds is 2. The quantitative estimate of drug-likeness (QED) is 0.559. The van der Waals surface area contributed by atoms with E-state index in [2.05, 4.69) is 10.1 Å². The number of benzene rings is 1. The highest BCUT2D eigenvalue weighted by Gasteiger charge is 2.09. The van der Waals surface area contributed by atoms with Gasteiger partial charge in [-0.3, -0.25) is 4.79 Å². The second-order valence-electron chi connectivity index (χ2n) is 4.73. The number of nitrogens with zero attached hydrogens (tertiary/aromatic N) is 4. The summed E-state index contributed by atoms with van der Waals surface area (Å²) in [6, 6.07) is 6.93. The van der Waals surface area contributed by atoms with Crippen LogP contribution in [-0.2, 0) is 6.54 Å². The summed E-state index contributed by atoms with van der Waals surface area (Å²) in [6.45, 7) is 0.259. The lowest BCUT2D eigenvalue weighted by molar-refractivity contribution is 0.503. The van der Waals surface area contributed by atoms with Crippen LogP contribution in [0, 0.1) is 0 Å². The van der Waals surface area contributed by atoms with Gasteiger partial charge in [-0.05, 0) is 24.3 Å². The van der Waals surface area contributed by atoms with Gasteiger partial charge in [0.25, 0.3) is 5.56 Å². The van der Waals surface area contributed by atoms with Crippen LogP contribution in [0.25, 0.3) is 16.6 Å². The molecule has 0 atom stereocenters. The predicted octanol–water partition coefficient (Wildman–Crippen LogP) is 1.27. The molecule has 0 aliphatic heterocycles. The minimum Gasteiger partial charge on any atom is -0.439 e. The fraction of sp³-hybridized carbons (Fsp3) is 0.0714. The highest BCUT2D eigenvalue weighted by molar-refractivity contribution is 5.76. The molecule has 0 radical (unpaired) electrons. The van der Waals surface area contributed by atoms with Crippen molar-refractivity contribution in [2.45, 2.75) is 6.54 Å². The Morgan fingerprint density at radius 3 is 3.05 bits per heavy atom. The fourth-order valence-corrected chi connectivity index (χ4v) is 2.29. The molecule has 0 aliphatic rings. The Morgan fingerprint density at radius 1 is 1.24 bits per heavy atom. The number of fused-ring (bicyclic) bond motifs is 2. The van der Waals surface area contributed by atoms with Crippen molar-refractivity contribution >= 4 is 22.3 Å². The Hall–Kier alpha value is -3.09. The number of nitrogens with two attached hydrogens (primary N) is 1. The maximum atomic E-state index is 12.3. The van der Waals surface area contributed by atoms with E-state index in [-0.39, 0.29) is 12.1 Å². The van der Waals surface area contributed by atoms with Gasteiger partial charge in [0, 0.05) is 18.1 Å². The van der Waals surface area contributed by atoms with Gasteiger partial charge in [-0.2, -0.15) is 5.10 Å². The smallest absolute Gasteiger partial charge is 0.277 e. The zero-order valence-electron chi connectivity index (χ0n) is 10.9. The lowest BCUT2D eigenvalue weighted by Crippen LogP contribution is -2.21. The van der Waals surface area contributed by atoms with E-state index in [0.717, 1.165) is 0 Å². The van der Waals surface area contributed by atoms with Crippen molar-refractivity contribution < 1.29 is 4.42 Å². The van der Waals surface area contributed by atoms with E-state index in [0.29, 0.717) is 28.2 Å². The molecule has 2 N–H and O–H groups in total. The van der Waals surface area contributed by atoms with Crippen LogP contribution in [0.5, 0.6) is 0 Å². The number of hydrogen-bond acceptors (Lipinski definition) is 5. The monoisotopic (exact) mass is 281 g/mol. The summed E-state index contributed by atoms with van der Waals surface area (Å²) < 4.78 is 8.69. The maximum Gasteiger partial charge on any atom is 0.277 e. The van der Waals surface area contributed by atoms with Gasteiger partial charge in [-0.25, -0.2) is 9.50 Å².